The van der Waals surface area contributed by atoms with Gasteiger partial charge in [-0.3, -0.25) is 9.59 Å². The van der Waals surface area contributed by atoms with Crippen LogP contribution in [0.5, 0.6) is 0 Å². The zero-order valence-corrected chi connectivity index (χ0v) is 14.8. The van der Waals surface area contributed by atoms with Crippen molar-refractivity contribution in [2.75, 3.05) is 13.2 Å². The van der Waals surface area contributed by atoms with E-state index < -0.39 is 35.3 Å². The zero-order valence-electron chi connectivity index (χ0n) is 14.1. The van der Waals surface area contributed by atoms with E-state index >= 15 is 0 Å². The van der Waals surface area contributed by atoms with Gasteiger partial charge in [0.2, 0.25) is 5.24 Å². The summed E-state index contributed by atoms with van der Waals surface area (Å²) in [5.41, 5.74) is 0. The average Bonchev–Trinajstić information content (AvgIpc) is 2.98. The van der Waals surface area contributed by atoms with Crippen molar-refractivity contribution in [3.05, 3.63) is 0 Å². The van der Waals surface area contributed by atoms with Gasteiger partial charge >= 0.3 is 12.1 Å². The lowest BCUT2D eigenvalue weighted by Crippen LogP contribution is -2.53. The van der Waals surface area contributed by atoms with E-state index in [4.69, 9.17) is 16.3 Å². The molecular formula is C16H25ClF3NO3. The monoisotopic (exact) mass is 371 g/mol. The number of nitrogens with zero attached hydrogens (tertiary/aromatic N) is 1. The van der Waals surface area contributed by atoms with Crippen molar-refractivity contribution in [2.24, 2.45) is 5.92 Å². The van der Waals surface area contributed by atoms with Crippen LogP contribution in [0.3, 0.4) is 0 Å². The van der Waals surface area contributed by atoms with Crippen LogP contribution in [0.2, 0.25) is 0 Å². The van der Waals surface area contributed by atoms with Crippen molar-refractivity contribution in [3.8, 4) is 0 Å². The Kier molecular flexibility index (Phi) is 8.50. The van der Waals surface area contributed by atoms with Gasteiger partial charge < -0.3 is 9.64 Å². The van der Waals surface area contributed by atoms with Crippen molar-refractivity contribution in [2.45, 2.75) is 70.6 Å². The van der Waals surface area contributed by atoms with E-state index in [1.807, 2.05) is 0 Å². The van der Waals surface area contributed by atoms with Crippen LogP contribution >= 0.6 is 11.6 Å². The molecule has 1 aliphatic carbocycles. The fraction of sp³-hybridized carbons (Fsp3) is 0.875. The molecule has 4 nitrogen and oxygen atoms in total. The highest BCUT2D eigenvalue weighted by Gasteiger charge is 2.48. The first-order valence-corrected chi connectivity index (χ1v) is 8.76. The Morgan fingerprint density at radius 3 is 2.04 bits per heavy atom. The minimum Gasteiger partial charge on any atom is -0.381 e. The molecule has 2 atom stereocenters. The molecule has 0 bridgehead atoms. The SMILES string of the molecule is CCC.O=C(Cl)[C@H]1CC[C@@H](N(C(=O)C(F)(F)F)C2CCOCC2)C1. The third-order valence-corrected chi connectivity index (χ3v) is 4.49. The highest BCUT2D eigenvalue weighted by Crippen LogP contribution is 2.35. The standard InChI is InChI=1S/C13H17ClF3NO3.C3H8/c14-11(19)8-1-2-10(7-8)18(12(20)13(15,16)17)9-3-5-21-6-4-9;1-3-2/h8-10H,1-7H2;3H2,1-2H3/t8-,10+;/m0./s1. The van der Waals surface area contributed by atoms with Gasteiger partial charge in [-0.25, -0.2) is 0 Å². The second-order valence-electron chi connectivity index (χ2n) is 6.23. The Morgan fingerprint density at radius 1 is 1.08 bits per heavy atom. The second-order valence-corrected chi connectivity index (χ2v) is 6.60. The molecule has 1 saturated carbocycles. The van der Waals surface area contributed by atoms with Crippen LogP contribution in [0.4, 0.5) is 13.2 Å². The molecule has 0 aromatic heterocycles. The molecule has 0 aromatic carbocycles. The third kappa shape index (κ3) is 5.92. The maximum atomic E-state index is 12.8. The summed E-state index contributed by atoms with van der Waals surface area (Å²) in [6.07, 6.45) is -1.86. The van der Waals surface area contributed by atoms with Gasteiger partial charge in [-0.15, -0.1) is 0 Å². The van der Waals surface area contributed by atoms with Gasteiger partial charge in [-0.05, 0) is 43.7 Å². The summed E-state index contributed by atoms with van der Waals surface area (Å²) >= 11 is 5.42. The van der Waals surface area contributed by atoms with Crippen molar-refractivity contribution in [1.29, 1.82) is 0 Å². The number of carbonyl (C=O) groups excluding carboxylic acids is 2. The summed E-state index contributed by atoms with van der Waals surface area (Å²) in [5, 5.41) is -0.538. The predicted molar refractivity (Wildman–Crippen MR) is 84.7 cm³/mol. The smallest absolute Gasteiger partial charge is 0.381 e. The third-order valence-electron chi connectivity index (χ3n) is 4.18. The topological polar surface area (TPSA) is 46.6 Å². The first-order valence-electron chi connectivity index (χ1n) is 8.38. The Hall–Kier alpha value is -0.820. The molecule has 0 spiro atoms. The largest absolute Gasteiger partial charge is 0.471 e. The van der Waals surface area contributed by atoms with Crippen molar-refractivity contribution in [3.63, 3.8) is 0 Å². The van der Waals surface area contributed by atoms with Crippen LogP contribution in [0.1, 0.15) is 52.4 Å². The fourth-order valence-corrected chi connectivity index (χ4v) is 3.35. The van der Waals surface area contributed by atoms with Crippen LogP contribution in [0, 0.1) is 5.92 Å². The van der Waals surface area contributed by atoms with E-state index in [-0.39, 0.29) is 6.42 Å². The number of halogens is 4. The molecule has 1 saturated heterocycles. The molecule has 2 aliphatic rings. The number of amides is 1. The van der Waals surface area contributed by atoms with E-state index in [1.165, 1.54) is 6.42 Å². The lowest BCUT2D eigenvalue weighted by atomic mass is 10.0. The number of hydrogen-bond acceptors (Lipinski definition) is 3. The summed E-state index contributed by atoms with van der Waals surface area (Å²) in [7, 11) is 0. The molecule has 0 unspecified atom stereocenters. The minimum absolute atomic E-state index is 0.210. The van der Waals surface area contributed by atoms with Crippen LogP contribution in [0.25, 0.3) is 0 Å². The van der Waals surface area contributed by atoms with Crippen molar-refractivity contribution in [1.82, 2.24) is 4.90 Å². The Labute approximate surface area is 145 Å². The van der Waals surface area contributed by atoms with E-state index in [0.717, 1.165) is 4.90 Å². The average molecular weight is 372 g/mol. The molecule has 1 heterocycles. The van der Waals surface area contributed by atoms with E-state index in [9.17, 15) is 22.8 Å². The molecule has 0 radical (unpaired) electrons. The first-order chi connectivity index (χ1) is 11.2. The number of ether oxygens (including phenoxy) is 1. The molecule has 0 aromatic rings. The Bertz CT molecular complexity index is 425. The van der Waals surface area contributed by atoms with E-state index in [0.29, 0.717) is 38.9 Å². The second kappa shape index (κ2) is 9.61. The number of rotatable bonds is 3. The molecule has 8 heteroatoms. The van der Waals surface area contributed by atoms with Crippen LogP contribution in [-0.2, 0) is 14.3 Å². The summed E-state index contributed by atoms with van der Waals surface area (Å²) in [6, 6.07) is -1.06. The first kappa shape index (κ1) is 21.2. The predicted octanol–water partition coefficient (Wildman–Crippen LogP) is 3.91. The Balaban J connectivity index is 0.000000891. The minimum atomic E-state index is -4.90. The Morgan fingerprint density at radius 2 is 1.62 bits per heavy atom. The molecular weight excluding hydrogens is 347 g/mol. The van der Waals surface area contributed by atoms with E-state index in [1.54, 1.807) is 0 Å². The highest BCUT2D eigenvalue weighted by atomic mass is 35.5. The summed E-state index contributed by atoms with van der Waals surface area (Å²) in [6.45, 7) is 4.94. The van der Waals surface area contributed by atoms with Gasteiger partial charge in [-0.2, -0.15) is 13.2 Å². The lowest BCUT2D eigenvalue weighted by molar-refractivity contribution is -0.192. The molecule has 24 heavy (non-hydrogen) atoms. The normalized spacial score (nSPS) is 24.9. The van der Waals surface area contributed by atoms with Gasteiger partial charge in [0.15, 0.2) is 0 Å². The summed E-state index contributed by atoms with van der Waals surface area (Å²) < 4.78 is 43.7. The number of hydrogen-bond donors (Lipinski definition) is 0. The highest BCUT2D eigenvalue weighted by molar-refractivity contribution is 6.64. The number of carbonyl (C=O) groups is 2. The van der Waals surface area contributed by atoms with Gasteiger partial charge in [0, 0.05) is 31.2 Å². The molecule has 2 rings (SSSR count). The molecule has 0 N–H and O–H groups in total. The van der Waals surface area contributed by atoms with Crippen LogP contribution in [-0.4, -0.2) is 47.5 Å². The van der Waals surface area contributed by atoms with Gasteiger partial charge in [0.25, 0.3) is 0 Å². The molecule has 1 aliphatic heterocycles. The summed E-state index contributed by atoms with van der Waals surface area (Å²) in [4.78, 5) is 23.9. The van der Waals surface area contributed by atoms with Gasteiger partial charge in [0.05, 0.1) is 0 Å². The van der Waals surface area contributed by atoms with Crippen LogP contribution in [0.15, 0.2) is 0 Å². The quantitative estimate of drug-likeness (QED) is 0.707. The maximum absolute atomic E-state index is 12.8. The molecule has 2 fully saturated rings. The van der Waals surface area contributed by atoms with Gasteiger partial charge in [-0.1, -0.05) is 20.3 Å². The zero-order chi connectivity index (χ0) is 18.3. The fourth-order valence-electron chi connectivity index (χ4n) is 3.16. The number of alkyl halides is 3. The molecule has 1 amide bonds. The summed E-state index contributed by atoms with van der Waals surface area (Å²) in [5.74, 6) is -2.28. The van der Waals surface area contributed by atoms with Crippen LogP contribution < -0.4 is 0 Å². The van der Waals surface area contributed by atoms with E-state index in [2.05, 4.69) is 13.8 Å². The lowest BCUT2D eigenvalue weighted by Gasteiger charge is -2.38. The van der Waals surface area contributed by atoms with Gasteiger partial charge in [0.1, 0.15) is 0 Å². The maximum Gasteiger partial charge on any atom is 0.471 e. The van der Waals surface area contributed by atoms with Crippen molar-refractivity contribution < 1.29 is 27.5 Å². The van der Waals surface area contributed by atoms with Crippen molar-refractivity contribution >= 4 is 22.8 Å². The molecule has 140 valence electrons.